The van der Waals surface area contributed by atoms with E-state index in [1.807, 2.05) is 24.3 Å². The Bertz CT molecular complexity index is 961. The molecule has 1 saturated heterocycles. The zero-order valence-corrected chi connectivity index (χ0v) is 18.1. The molecule has 5 nitrogen and oxygen atoms in total. The molecule has 0 aromatic heterocycles. The van der Waals surface area contributed by atoms with E-state index < -0.39 is 9.84 Å². The lowest BCUT2D eigenvalue weighted by Gasteiger charge is -2.29. The van der Waals surface area contributed by atoms with Crippen LogP contribution in [0.2, 0.25) is 5.02 Å². The third-order valence-corrected chi connectivity index (χ3v) is 7.20. The van der Waals surface area contributed by atoms with Gasteiger partial charge in [0.1, 0.15) is 5.75 Å². The van der Waals surface area contributed by atoms with Gasteiger partial charge in [-0.1, -0.05) is 55.3 Å². The summed E-state index contributed by atoms with van der Waals surface area (Å²) < 4.78 is 30.0. The highest BCUT2D eigenvalue weighted by molar-refractivity contribution is 7.91. The largest absolute Gasteiger partial charge is 0.493 e. The third kappa shape index (κ3) is 5.52. The van der Waals surface area contributed by atoms with E-state index in [1.165, 1.54) is 0 Å². The third-order valence-electron chi connectivity index (χ3n) is 5.08. The number of unbranched alkanes of at least 4 members (excludes halogenated alkanes) is 1. The zero-order valence-electron chi connectivity index (χ0n) is 16.5. The van der Waals surface area contributed by atoms with Gasteiger partial charge in [-0.25, -0.2) is 8.42 Å². The van der Waals surface area contributed by atoms with Crippen LogP contribution in [0.1, 0.15) is 42.1 Å². The van der Waals surface area contributed by atoms with Crippen LogP contribution in [-0.2, 0) is 16.4 Å². The van der Waals surface area contributed by atoms with Gasteiger partial charge in [0.05, 0.1) is 23.7 Å². The van der Waals surface area contributed by atoms with Gasteiger partial charge in [0.25, 0.3) is 5.91 Å². The Hall–Kier alpha value is -2.05. The Morgan fingerprint density at radius 3 is 2.59 bits per heavy atom. The molecule has 7 heteroatoms. The van der Waals surface area contributed by atoms with E-state index in [9.17, 15) is 13.2 Å². The van der Waals surface area contributed by atoms with Gasteiger partial charge in [-0.15, -0.1) is 0 Å². The molecule has 0 N–H and O–H groups in total. The number of hydrogen-bond acceptors (Lipinski definition) is 4. The van der Waals surface area contributed by atoms with Crippen molar-refractivity contribution in [1.82, 2.24) is 4.90 Å². The molecule has 1 aliphatic heterocycles. The van der Waals surface area contributed by atoms with Crippen molar-refractivity contribution in [3.63, 3.8) is 0 Å². The zero-order chi connectivity index (χ0) is 20.9. The van der Waals surface area contributed by atoms with Crippen LogP contribution >= 0.6 is 11.6 Å². The van der Waals surface area contributed by atoms with Crippen molar-refractivity contribution in [3.05, 3.63) is 64.7 Å². The summed E-state index contributed by atoms with van der Waals surface area (Å²) in [5.74, 6) is 0.357. The van der Waals surface area contributed by atoms with Crippen molar-refractivity contribution in [2.24, 2.45) is 0 Å². The summed E-state index contributed by atoms with van der Waals surface area (Å²) in [7, 11) is -3.14. The van der Waals surface area contributed by atoms with Gasteiger partial charge in [-0.3, -0.25) is 4.79 Å². The van der Waals surface area contributed by atoms with Crippen LogP contribution < -0.4 is 4.74 Å². The molecule has 1 aliphatic rings. The number of benzene rings is 2. The number of rotatable bonds is 8. The number of halogens is 1. The van der Waals surface area contributed by atoms with E-state index in [4.69, 9.17) is 16.3 Å². The first-order chi connectivity index (χ1) is 13.9. The molecule has 0 bridgehead atoms. The van der Waals surface area contributed by atoms with Crippen molar-refractivity contribution in [2.75, 3.05) is 18.1 Å². The lowest BCUT2D eigenvalue weighted by Crippen LogP contribution is -2.40. The summed E-state index contributed by atoms with van der Waals surface area (Å²) in [4.78, 5) is 15.2. The van der Waals surface area contributed by atoms with Gasteiger partial charge >= 0.3 is 0 Å². The molecule has 29 heavy (non-hydrogen) atoms. The molecule has 1 amide bonds. The quantitative estimate of drug-likeness (QED) is 0.578. The van der Waals surface area contributed by atoms with E-state index in [0.717, 1.165) is 18.4 Å². The summed E-state index contributed by atoms with van der Waals surface area (Å²) in [6, 6.07) is 14.1. The Labute approximate surface area is 177 Å². The summed E-state index contributed by atoms with van der Waals surface area (Å²) in [5, 5.41) is 0.554. The Kier molecular flexibility index (Phi) is 7.19. The number of sulfone groups is 1. The first-order valence-electron chi connectivity index (χ1n) is 9.88. The number of hydrogen-bond donors (Lipinski definition) is 0. The molecule has 2 aromatic rings. The fourth-order valence-electron chi connectivity index (χ4n) is 3.45. The lowest BCUT2D eigenvalue weighted by atomic mass is 10.1. The predicted molar refractivity (Wildman–Crippen MR) is 115 cm³/mol. The van der Waals surface area contributed by atoms with Crippen LogP contribution in [-0.4, -0.2) is 43.4 Å². The Morgan fingerprint density at radius 1 is 1.17 bits per heavy atom. The number of nitrogens with zero attached hydrogens (tertiary/aromatic N) is 1. The average Bonchev–Trinajstić information content (AvgIpc) is 3.07. The Balaban J connectivity index is 1.92. The molecule has 3 rings (SSSR count). The van der Waals surface area contributed by atoms with E-state index in [0.29, 0.717) is 29.4 Å². The number of carbonyl (C=O) groups excluding carboxylic acids is 1. The second-order valence-corrected chi connectivity index (χ2v) is 9.92. The van der Waals surface area contributed by atoms with Crippen molar-refractivity contribution in [3.8, 4) is 5.75 Å². The number of ether oxygens (including phenoxy) is 1. The van der Waals surface area contributed by atoms with Crippen molar-refractivity contribution >= 4 is 27.3 Å². The van der Waals surface area contributed by atoms with E-state index >= 15 is 0 Å². The molecule has 0 spiro atoms. The molecule has 2 aromatic carbocycles. The Morgan fingerprint density at radius 2 is 1.90 bits per heavy atom. The fourth-order valence-corrected chi connectivity index (χ4v) is 5.37. The maximum absolute atomic E-state index is 13.5. The molecular weight excluding hydrogens is 410 g/mol. The van der Waals surface area contributed by atoms with E-state index in [-0.39, 0.29) is 30.0 Å². The van der Waals surface area contributed by atoms with Crippen LogP contribution in [0.3, 0.4) is 0 Å². The average molecular weight is 436 g/mol. The molecule has 1 fully saturated rings. The van der Waals surface area contributed by atoms with E-state index in [2.05, 4.69) is 6.92 Å². The summed E-state index contributed by atoms with van der Waals surface area (Å²) >= 11 is 6.32. The first kappa shape index (κ1) is 21.7. The molecule has 156 valence electrons. The molecule has 1 atom stereocenters. The van der Waals surface area contributed by atoms with Gasteiger partial charge in [-0.2, -0.15) is 0 Å². The van der Waals surface area contributed by atoms with Crippen molar-refractivity contribution < 1.29 is 17.9 Å². The smallest absolute Gasteiger partial charge is 0.258 e. The van der Waals surface area contributed by atoms with Gasteiger partial charge < -0.3 is 9.64 Å². The summed E-state index contributed by atoms with van der Waals surface area (Å²) in [6.45, 7) is 2.86. The molecule has 0 aliphatic carbocycles. The maximum atomic E-state index is 13.5. The predicted octanol–water partition coefficient (Wildman–Crippen LogP) is 4.35. The monoisotopic (exact) mass is 435 g/mol. The van der Waals surface area contributed by atoms with Crippen LogP contribution in [0.25, 0.3) is 0 Å². The number of para-hydroxylation sites is 1. The summed E-state index contributed by atoms with van der Waals surface area (Å²) in [6.07, 6.45) is 2.32. The second kappa shape index (κ2) is 9.63. The maximum Gasteiger partial charge on any atom is 0.258 e. The molecule has 0 radical (unpaired) electrons. The molecule has 0 saturated carbocycles. The standard InChI is InChI=1S/C22H26ClNO4S/c1-2-3-13-28-21-11-7-5-9-19(21)22(25)24(18-12-14-29(26,27)16-18)15-17-8-4-6-10-20(17)23/h4-11,18H,2-3,12-16H2,1H3. The van der Waals surface area contributed by atoms with Gasteiger partial charge in [0.2, 0.25) is 0 Å². The fraction of sp³-hybridized carbons (Fsp3) is 0.409. The highest BCUT2D eigenvalue weighted by Crippen LogP contribution is 2.28. The topological polar surface area (TPSA) is 63.7 Å². The molecule has 1 unspecified atom stereocenters. The van der Waals surface area contributed by atoms with Crippen molar-refractivity contribution in [2.45, 2.75) is 38.8 Å². The normalized spacial score (nSPS) is 17.8. The second-order valence-electron chi connectivity index (χ2n) is 7.28. The number of amides is 1. The van der Waals surface area contributed by atoms with Gasteiger partial charge in [0, 0.05) is 17.6 Å². The van der Waals surface area contributed by atoms with Crippen LogP contribution in [0.4, 0.5) is 0 Å². The first-order valence-corrected chi connectivity index (χ1v) is 12.1. The van der Waals surface area contributed by atoms with E-state index in [1.54, 1.807) is 29.2 Å². The highest BCUT2D eigenvalue weighted by Gasteiger charge is 2.36. The van der Waals surface area contributed by atoms with Crippen LogP contribution in [0.15, 0.2) is 48.5 Å². The lowest BCUT2D eigenvalue weighted by molar-refractivity contribution is 0.0676. The molecular formula is C22H26ClNO4S. The van der Waals surface area contributed by atoms with Gasteiger partial charge in [-0.05, 0) is 36.6 Å². The van der Waals surface area contributed by atoms with Crippen LogP contribution in [0, 0.1) is 0 Å². The summed E-state index contributed by atoms with van der Waals surface area (Å²) in [5.41, 5.74) is 1.23. The van der Waals surface area contributed by atoms with Gasteiger partial charge in [0.15, 0.2) is 9.84 Å². The number of carbonyl (C=O) groups is 1. The highest BCUT2D eigenvalue weighted by atomic mass is 35.5. The SMILES string of the molecule is CCCCOc1ccccc1C(=O)N(Cc1ccccc1Cl)C1CCS(=O)(=O)C1. The van der Waals surface area contributed by atoms with Crippen LogP contribution in [0.5, 0.6) is 5.75 Å². The molecule has 1 heterocycles. The minimum absolute atomic E-state index is 0.0257. The minimum atomic E-state index is -3.14. The van der Waals surface area contributed by atoms with Crippen molar-refractivity contribution in [1.29, 1.82) is 0 Å². The minimum Gasteiger partial charge on any atom is -0.493 e.